The number of piperidine rings is 1. The van der Waals surface area contributed by atoms with Gasteiger partial charge in [0.2, 0.25) is 5.91 Å². The Morgan fingerprint density at radius 2 is 2.56 bits per heavy atom. The molecule has 1 atom stereocenters. The molecule has 1 aromatic rings. The Labute approximate surface area is 99.5 Å². The molecule has 0 aromatic carbocycles. The number of rotatable bonds is 4. The molecule has 1 aliphatic heterocycles. The van der Waals surface area contributed by atoms with Crippen molar-refractivity contribution in [3.63, 3.8) is 0 Å². The average Bonchev–Trinajstić information content (AvgIpc) is 2.83. The van der Waals surface area contributed by atoms with Gasteiger partial charge in [-0.25, -0.2) is 4.98 Å². The molecule has 0 radical (unpaired) electrons. The van der Waals surface area contributed by atoms with Crippen LogP contribution in [0.3, 0.4) is 0 Å². The summed E-state index contributed by atoms with van der Waals surface area (Å²) in [5, 5.41) is 8.21. The third-order valence-corrected chi connectivity index (χ3v) is 3.43. The number of amides is 1. The summed E-state index contributed by atoms with van der Waals surface area (Å²) < 4.78 is 0. The molecule has 0 bridgehead atoms. The van der Waals surface area contributed by atoms with Gasteiger partial charge in [0.1, 0.15) is 0 Å². The summed E-state index contributed by atoms with van der Waals surface area (Å²) >= 11 is 1.59. The van der Waals surface area contributed by atoms with E-state index in [1.54, 1.807) is 11.3 Å². The Morgan fingerprint density at radius 1 is 1.62 bits per heavy atom. The lowest BCUT2D eigenvalue weighted by Gasteiger charge is -2.22. The van der Waals surface area contributed by atoms with Crippen molar-refractivity contribution in [2.75, 3.05) is 13.1 Å². The first kappa shape index (κ1) is 11.5. The predicted octanol–water partition coefficient (Wildman–Crippen LogP) is 0.944. The fraction of sp³-hybridized carbons (Fsp3) is 0.636. The molecular weight excluding hydrogens is 222 g/mol. The van der Waals surface area contributed by atoms with Crippen LogP contribution in [-0.2, 0) is 11.2 Å². The summed E-state index contributed by atoms with van der Waals surface area (Å²) in [7, 11) is 0. The van der Waals surface area contributed by atoms with E-state index in [1.165, 1.54) is 6.42 Å². The van der Waals surface area contributed by atoms with Crippen LogP contribution in [0.15, 0.2) is 10.9 Å². The molecule has 0 aliphatic carbocycles. The minimum Gasteiger partial charge on any atom is -0.354 e. The maximum absolute atomic E-state index is 11.7. The van der Waals surface area contributed by atoms with E-state index < -0.39 is 0 Å². The van der Waals surface area contributed by atoms with Gasteiger partial charge in [-0.2, -0.15) is 0 Å². The number of aromatic nitrogens is 1. The molecule has 0 unspecified atom stereocenters. The van der Waals surface area contributed by atoms with Gasteiger partial charge in [-0.05, 0) is 19.4 Å². The normalized spacial score (nSPS) is 20.6. The highest BCUT2D eigenvalue weighted by Crippen LogP contribution is 2.06. The fourth-order valence-corrected chi connectivity index (χ4v) is 2.47. The second kappa shape index (κ2) is 5.96. The Morgan fingerprint density at radius 3 is 3.25 bits per heavy atom. The number of carbonyl (C=O) groups is 1. The van der Waals surface area contributed by atoms with Crippen LogP contribution in [0.5, 0.6) is 0 Å². The van der Waals surface area contributed by atoms with Crippen LogP contribution >= 0.6 is 11.3 Å². The van der Waals surface area contributed by atoms with E-state index in [2.05, 4.69) is 15.6 Å². The molecule has 2 N–H and O–H groups in total. The topological polar surface area (TPSA) is 54.0 Å². The highest BCUT2D eigenvalue weighted by Gasteiger charge is 2.19. The predicted molar refractivity (Wildman–Crippen MR) is 64.5 cm³/mol. The molecule has 2 rings (SSSR count). The van der Waals surface area contributed by atoms with Crippen molar-refractivity contribution in [2.24, 2.45) is 0 Å². The van der Waals surface area contributed by atoms with Gasteiger partial charge < -0.3 is 10.6 Å². The number of nitrogens with one attached hydrogen (secondary N) is 2. The quantitative estimate of drug-likeness (QED) is 0.822. The first-order chi connectivity index (χ1) is 7.86. The van der Waals surface area contributed by atoms with Crippen LogP contribution in [-0.4, -0.2) is 30.0 Å². The zero-order chi connectivity index (χ0) is 11.2. The highest BCUT2D eigenvalue weighted by atomic mass is 32.1. The van der Waals surface area contributed by atoms with Crippen molar-refractivity contribution < 1.29 is 4.79 Å². The van der Waals surface area contributed by atoms with E-state index in [9.17, 15) is 4.79 Å². The number of nitrogens with zero attached hydrogens (tertiary/aromatic N) is 1. The van der Waals surface area contributed by atoms with Crippen LogP contribution < -0.4 is 10.6 Å². The minimum atomic E-state index is 0.0178. The van der Waals surface area contributed by atoms with Gasteiger partial charge in [0.25, 0.3) is 0 Å². The van der Waals surface area contributed by atoms with Gasteiger partial charge in [0.15, 0.2) is 0 Å². The minimum absolute atomic E-state index is 0.0178. The molecule has 5 heteroatoms. The van der Waals surface area contributed by atoms with Gasteiger partial charge in [-0.1, -0.05) is 6.42 Å². The van der Waals surface area contributed by atoms with E-state index in [4.69, 9.17) is 0 Å². The van der Waals surface area contributed by atoms with Crippen LogP contribution in [0.4, 0.5) is 0 Å². The summed E-state index contributed by atoms with van der Waals surface area (Å²) in [5.41, 5.74) is 2.88. The molecule has 0 saturated carbocycles. The van der Waals surface area contributed by atoms with Gasteiger partial charge in [0.05, 0.1) is 17.2 Å². The summed E-state index contributed by atoms with van der Waals surface area (Å²) in [6.45, 7) is 1.64. The summed E-state index contributed by atoms with van der Waals surface area (Å²) in [6.07, 6.45) is 4.12. The molecule has 1 amide bonds. The standard InChI is InChI=1S/C11H17N3OS/c15-11(10-3-1-2-5-12-10)13-6-4-9-7-16-8-14-9/h7-8,10,12H,1-6H2,(H,13,15)/t10-/m1/s1. The summed E-state index contributed by atoms with van der Waals surface area (Å²) in [4.78, 5) is 15.9. The largest absolute Gasteiger partial charge is 0.354 e. The number of carbonyl (C=O) groups excluding carboxylic acids is 1. The second-order valence-electron chi connectivity index (χ2n) is 4.02. The third-order valence-electron chi connectivity index (χ3n) is 2.79. The van der Waals surface area contributed by atoms with Gasteiger partial charge in [-0.3, -0.25) is 4.79 Å². The van der Waals surface area contributed by atoms with Crippen molar-refractivity contribution in [3.05, 3.63) is 16.6 Å². The molecule has 1 aromatic heterocycles. The molecular formula is C11H17N3OS. The van der Waals surface area contributed by atoms with E-state index in [0.29, 0.717) is 6.54 Å². The van der Waals surface area contributed by atoms with Gasteiger partial charge >= 0.3 is 0 Å². The van der Waals surface area contributed by atoms with Gasteiger partial charge in [-0.15, -0.1) is 11.3 Å². The molecule has 1 fully saturated rings. The van der Waals surface area contributed by atoms with Crippen molar-refractivity contribution in [1.82, 2.24) is 15.6 Å². The Hall–Kier alpha value is -0.940. The lowest BCUT2D eigenvalue weighted by molar-refractivity contribution is -0.123. The SMILES string of the molecule is O=C(NCCc1cscn1)[C@H]1CCCCN1. The summed E-state index contributed by atoms with van der Waals surface area (Å²) in [6, 6.07) is 0.0178. The molecule has 1 aliphatic rings. The highest BCUT2D eigenvalue weighted by molar-refractivity contribution is 7.07. The zero-order valence-electron chi connectivity index (χ0n) is 9.24. The molecule has 4 nitrogen and oxygen atoms in total. The lowest BCUT2D eigenvalue weighted by atomic mass is 10.0. The fourth-order valence-electron chi connectivity index (χ4n) is 1.87. The van der Waals surface area contributed by atoms with E-state index in [0.717, 1.165) is 31.5 Å². The maximum Gasteiger partial charge on any atom is 0.237 e. The number of thiazole rings is 1. The van der Waals surface area contributed by atoms with Crippen molar-refractivity contribution in [1.29, 1.82) is 0 Å². The Bertz CT molecular complexity index is 320. The Kier molecular flexibility index (Phi) is 4.30. The van der Waals surface area contributed by atoms with E-state index >= 15 is 0 Å². The average molecular weight is 239 g/mol. The van der Waals surface area contributed by atoms with E-state index in [-0.39, 0.29) is 11.9 Å². The van der Waals surface area contributed by atoms with Crippen LogP contribution in [0.2, 0.25) is 0 Å². The van der Waals surface area contributed by atoms with Crippen LogP contribution in [0.1, 0.15) is 25.0 Å². The molecule has 88 valence electrons. The smallest absolute Gasteiger partial charge is 0.237 e. The van der Waals surface area contributed by atoms with Crippen LogP contribution in [0, 0.1) is 0 Å². The molecule has 0 spiro atoms. The second-order valence-corrected chi connectivity index (χ2v) is 4.74. The van der Waals surface area contributed by atoms with Gasteiger partial charge in [0, 0.05) is 18.3 Å². The monoisotopic (exact) mass is 239 g/mol. The molecule has 1 saturated heterocycles. The first-order valence-electron chi connectivity index (χ1n) is 5.74. The molecule has 2 heterocycles. The van der Waals surface area contributed by atoms with Crippen LogP contribution in [0.25, 0.3) is 0 Å². The third kappa shape index (κ3) is 3.28. The van der Waals surface area contributed by atoms with Crippen molar-refractivity contribution >= 4 is 17.2 Å². The number of hydrogen-bond donors (Lipinski definition) is 2. The zero-order valence-corrected chi connectivity index (χ0v) is 10.1. The first-order valence-corrected chi connectivity index (χ1v) is 6.69. The van der Waals surface area contributed by atoms with E-state index in [1.807, 2.05) is 10.9 Å². The molecule has 16 heavy (non-hydrogen) atoms. The lowest BCUT2D eigenvalue weighted by Crippen LogP contribution is -2.47. The number of hydrogen-bond acceptors (Lipinski definition) is 4. The maximum atomic E-state index is 11.7. The van der Waals surface area contributed by atoms with Crippen molar-refractivity contribution in [3.8, 4) is 0 Å². The summed E-state index contributed by atoms with van der Waals surface area (Å²) in [5.74, 6) is 0.134. The van der Waals surface area contributed by atoms with Crippen molar-refractivity contribution in [2.45, 2.75) is 31.7 Å². The Balaban J connectivity index is 1.67.